The van der Waals surface area contributed by atoms with Crippen LogP contribution in [0.2, 0.25) is 0 Å². The highest BCUT2D eigenvalue weighted by molar-refractivity contribution is 5.93. The summed E-state index contributed by atoms with van der Waals surface area (Å²) in [7, 11) is 0. The molecule has 2 aromatic carbocycles. The highest BCUT2D eigenvalue weighted by Gasteiger charge is 2.34. The molecule has 176 valence electrons. The maximum atomic E-state index is 13.3. The molecule has 7 heteroatoms. The summed E-state index contributed by atoms with van der Waals surface area (Å²) in [5.74, 6) is -1.10. The molecule has 1 aromatic heterocycles. The van der Waals surface area contributed by atoms with Crippen LogP contribution in [0.1, 0.15) is 39.5 Å². The van der Waals surface area contributed by atoms with Crippen LogP contribution in [-0.2, 0) is 17.6 Å². The normalized spacial score (nSPS) is 18.5. The Morgan fingerprint density at radius 2 is 1.79 bits per heavy atom. The lowest BCUT2D eigenvalue weighted by Crippen LogP contribution is -2.41. The number of benzene rings is 2. The van der Waals surface area contributed by atoms with Crippen LogP contribution in [0.5, 0.6) is 0 Å². The summed E-state index contributed by atoms with van der Waals surface area (Å²) >= 11 is 0. The van der Waals surface area contributed by atoms with Crippen LogP contribution in [-0.4, -0.2) is 45.8 Å². The third-order valence-corrected chi connectivity index (χ3v) is 6.18. The Morgan fingerprint density at radius 1 is 1.03 bits per heavy atom. The van der Waals surface area contributed by atoms with Gasteiger partial charge in [0, 0.05) is 31.3 Å². The molecule has 4 N–H and O–H groups in total. The number of nitrogens with zero attached hydrogens (tertiary/aromatic N) is 1. The predicted octanol–water partition coefficient (Wildman–Crippen LogP) is 2.20. The van der Waals surface area contributed by atoms with Crippen molar-refractivity contribution in [3.05, 3.63) is 101 Å². The van der Waals surface area contributed by atoms with Gasteiger partial charge in [-0.3, -0.25) is 14.6 Å². The summed E-state index contributed by atoms with van der Waals surface area (Å²) in [6, 6.07) is 20.1. The maximum absolute atomic E-state index is 13.3. The van der Waals surface area contributed by atoms with Gasteiger partial charge in [-0.25, -0.2) is 0 Å². The predicted molar refractivity (Wildman–Crippen MR) is 128 cm³/mol. The van der Waals surface area contributed by atoms with Crippen LogP contribution in [0.3, 0.4) is 0 Å². The molecule has 0 radical (unpaired) electrons. The maximum Gasteiger partial charge on any atom is 0.252 e. The number of aromatic nitrogens is 1. The number of aliphatic hydroxyl groups excluding tert-OH is 2. The molecule has 3 aromatic rings. The van der Waals surface area contributed by atoms with Crippen molar-refractivity contribution in [1.29, 1.82) is 0 Å². The van der Waals surface area contributed by atoms with Crippen LogP contribution in [0.4, 0.5) is 0 Å². The fourth-order valence-corrected chi connectivity index (χ4v) is 4.42. The minimum Gasteiger partial charge on any atom is -0.391 e. The summed E-state index contributed by atoms with van der Waals surface area (Å²) in [5.41, 5.74) is 3.33. The third kappa shape index (κ3) is 5.87. The average Bonchev–Trinajstić information content (AvgIpc) is 3.18. The van der Waals surface area contributed by atoms with Gasteiger partial charge in [-0.2, -0.15) is 0 Å². The van der Waals surface area contributed by atoms with Crippen LogP contribution >= 0.6 is 0 Å². The number of pyridine rings is 1. The van der Waals surface area contributed by atoms with Gasteiger partial charge in [0.25, 0.3) is 5.91 Å². The Kier molecular flexibility index (Phi) is 7.67. The third-order valence-electron chi connectivity index (χ3n) is 6.18. The summed E-state index contributed by atoms with van der Waals surface area (Å²) in [6.45, 7) is 0.0151. The molecular formula is C27H29N3O4. The van der Waals surface area contributed by atoms with Crippen molar-refractivity contribution in [3.8, 4) is 0 Å². The van der Waals surface area contributed by atoms with Gasteiger partial charge in [0.2, 0.25) is 5.91 Å². The zero-order valence-electron chi connectivity index (χ0n) is 18.8. The van der Waals surface area contributed by atoms with Crippen LogP contribution < -0.4 is 10.6 Å². The number of hydrogen-bond acceptors (Lipinski definition) is 5. The van der Waals surface area contributed by atoms with E-state index in [4.69, 9.17) is 0 Å². The number of carbonyl (C=O) groups excluding carboxylic acids is 2. The van der Waals surface area contributed by atoms with E-state index in [0.717, 1.165) is 16.7 Å². The Morgan fingerprint density at radius 3 is 2.56 bits per heavy atom. The molecule has 34 heavy (non-hydrogen) atoms. The van der Waals surface area contributed by atoms with Gasteiger partial charge in [0.15, 0.2) is 0 Å². The van der Waals surface area contributed by atoms with E-state index < -0.39 is 24.2 Å². The minimum atomic E-state index is -0.916. The first-order valence-corrected chi connectivity index (χ1v) is 11.5. The monoisotopic (exact) mass is 459 g/mol. The molecule has 1 heterocycles. The van der Waals surface area contributed by atoms with Crippen molar-refractivity contribution in [2.24, 2.45) is 5.92 Å². The van der Waals surface area contributed by atoms with E-state index in [1.165, 1.54) is 6.20 Å². The highest BCUT2D eigenvalue weighted by atomic mass is 16.3. The highest BCUT2D eigenvalue weighted by Crippen LogP contribution is 2.31. The molecule has 1 aliphatic carbocycles. The first kappa shape index (κ1) is 23.6. The number of aliphatic hydroxyl groups is 2. The van der Waals surface area contributed by atoms with Crippen molar-refractivity contribution in [3.63, 3.8) is 0 Å². The van der Waals surface area contributed by atoms with Crippen molar-refractivity contribution in [2.45, 2.75) is 37.5 Å². The molecule has 2 amide bonds. The van der Waals surface area contributed by atoms with E-state index in [-0.39, 0.29) is 24.8 Å². The van der Waals surface area contributed by atoms with Gasteiger partial charge in [0.1, 0.15) is 0 Å². The summed E-state index contributed by atoms with van der Waals surface area (Å²) in [4.78, 5) is 29.5. The summed E-state index contributed by atoms with van der Waals surface area (Å²) in [5, 5.41) is 26.9. The Bertz CT molecular complexity index is 1110. The number of amides is 2. The second kappa shape index (κ2) is 11.0. The van der Waals surface area contributed by atoms with Crippen molar-refractivity contribution in [1.82, 2.24) is 15.6 Å². The SMILES string of the molecule is O=C(NCC(O)CC(Cc1ccccc1)C(=O)NC1c2ccccc2CC1O)c1cccnc1. The van der Waals surface area contributed by atoms with Crippen LogP contribution in [0, 0.1) is 5.92 Å². The molecule has 4 unspecified atom stereocenters. The molecule has 0 spiro atoms. The first-order chi connectivity index (χ1) is 16.5. The van der Waals surface area contributed by atoms with E-state index in [2.05, 4.69) is 15.6 Å². The number of nitrogens with one attached hydrogen (secondary N) is 2. The van der Waals surface area contributed by atoms with Gasteiger partial charge in [-0.15, -0.1) is 0 Å². The molecule has 0 aliphatic heterocycles. The van der Waals surface area contributed by atoms with Gasteiger partial charge in [0.05, 0.1) is 23.8 Å². The molecule has 0 fully saturated rings. The second-order valence-corrected chi connectivity index (χ2v) is 8.68. The largest absolute Gasteiger partial charge is 0.391 e. The summed E-state index contributed by atoms with van der Waals surface area (Å²) in [6.07, 6.45) is 2.52. The van der Waals surface area contributed by atoms with E-state index in [9.17, 15) is 19.8 Å². The lowest BCUT2D eigenvalue weighted by molar-refractivity contribution is -0.127. The summed E-state index contributed by atoms with van der Waals surface area (Å²) < 4.78 is 0. The Labute approximate surface area is 198 Å². The average molecular weight is 460 g/mol. The minimum absolute atomic E-state index is 0.0151. The molecule has 1 aliphatic rings. The van der Waals surface area contributed by atoms with Gasteiger partial charge in [-0.1, -0.05) is 54.6 Å². The van der Waals surface area contributed by atoms with Crippen molar-refractivity contribution >= 4 is 11.8 Å². The van der Waals surface area contributed by atoms with Gasteiger partial charge < -0.3 is 20.8 Å². The van der Waals surface area contributed by atoms with Crippen LogP contribution in [0.15, 0.2) is 79.1 Å². The fraction of sp³-hybridized carbons (Fsp3) is 0.296. The van der Waals surface area contributed by atoms with Crippen LogP contribution in [0.25, 0.3) is 0 Å². The van der Waals surface area contributed by atoms with Crippen molar-refractivity contribution in [2.75, 3.05) is 6.54 Å². The zero-order valence-corrected chi connectivity index (χ0v) is 18.8. The lowest BCUT2D eigenvalue weighted by Gasteiger charge is -2.24. The molecule has 0 saturated carbocycles. The van der Waals surface area contributed by atoms with E-state index in [1.54, 1.807) is 18.3 Å². The Hall–Kier alpha value is -3.55. The number of fused-ring (bicyclic) bond motifs is 1. The van der Waals surface area contributed by atoms with E-state index in [0.29, 0.717) is 18.4 Å². The first-order valence-electron chi connectivity index (χ1n) is 11.5. The quantitative estimate of drug-likeness (QED) is 0.392. The van der Waals surface area contributed by atoms with E-state index >= 15 is 0 Å². The topological polar surface area (TPSA) is 112 Å². The lowest BCUT2D eigenvalue weighted by atomic mass is 9.92. The molecule has 0 bridgehead atoms. The van der Waals surface area contributed by atoms with Gasteiger partial charge >= 0.3 is 0 Å². The number of hydrogen-bond donors (Lipinski definition) is 4. The standard InChI is InChI=1S/C27H29N3O4/c31-22(17-29-26(33)20-10-6-12-28-16-20)14-21(13-18-7-2-1-3-8-18)27(34)30-25-23-11-5-4-9-19(23)15-24(25)32/h1-12,16,21-22,24-25,31-32H,13-15,17H2,(H,29,33)(H,30,34). The fourth-order valence-electron chi connectivity index (χ4n) is 4.42. The Balaban J connectivity index is 1.42. The van der Waals surface area contributed by atoms with E-state index in [1.807, 2.05) is 54.6 Å². The van der Waals surface area contributed by atoms with Gasteiger partial charge in [-0.05, 0) is 41.7 Å². The molecular weight excluding hydrogens is 430 g/mol. The van der Waals surface area contributed by atoms with Crippen molar-refractivity contribution < 1.29 is 19.8 Å². The number of rotatable bonds is 9. The molecule has 0 saturated heterocycles. The molecule has 7 nitrogen and oxygen atoms in total. The molecule has 4 rings (SSSR count). The zero-order chi connectivity index (χ0) is 23.9. The smallest absolute Gasteiger partial charge is 0.252 e. The number of carbonyl (C=O) groups is 2. The second-order valence-electron chi connectivity index (χ2n) is 8.68. The molecule has 4 atom stereocenters.